The molecule has 6 nitrogen and oxygen atoms in total. The summed E-state index contributed by atoms with van der Waals surface area (Å²) in [4.78, 5) is 21.9. The number of non-ortho nitro benzene ring substituents is 1. The largest absolute Gasteiger partial charge is 0.323 e. The smallest absolute Gasteiger partial charge is 0.271 e. The Labute approximate surface area is 109 Å². The van der Waals surface area contributed by atoms with Crippen LogP contribution >= 0.6 is 0 Å². The Morgan fingerprint density at radius 2 is 2.32 bits per heavy atom. The van der Waals surface area contributed by atoms with E-state index in [1.165, 1.54) is 0 Å². The van der Waals surface area contributed by atoms with Gasteiger partial charge in [-0.3, -0.25) is 14.9 Å². The van der Waals surface area contributed by atoms with Crippen molar-refractivity contribution in [2.24, 2.45) is 5.92 Å². The molecule has 7 heteroatoms. The molecular weight excluding hydrogens is 253 g/mol. The number of halogens is 1. The van der Waals surface area contributed by atoms with Crippen LogP contribution in [0.15, 0.2) is 18.2 Å². The van der Waals surface area contributed by atoms with Crippen molar-refractivity contribution in [3.05, 3.63) is 34.1 Å². The summed E-state index contributed by atoms with van der Waals surface area (Å²) in [6, 6.07) is 3.07. The van der Waals surface area contributed by atoms with E-state index in [9.17, 15) is 19.3 Å². The van der Waals surface area contributed by atoms with Crippen LogP contribution in [0.25, 0.3) is 0 Å². The molecule has 1 saturated heterocycles. The van der Waals surface area contributed by atoms with Gasteiger partial charge in [0.05, 0.1) is 16.5 Å². The minimum absolute atomic E-state index is 0.148. The van der Waals surface area contributed by atoms with E-state index in [4.69, 9.17) is 0 Å². The Morgan fingerprint density at radius 3 is 2.95 bits per heavy atom. The average Bonchev–Trinajstić information content (AvgIpc) is 2.42. The van der Waals surface area contributed by atoms with E-state index in [0.29, 0.717) is 6.54 Å². The van der Waals surface area contributed by atoms with E-state index < -0.39 is 10.7 Å². The van der Waals surface area contributed by atoms with Gasteiger partial charge in [0.1, 0.15) is 5.82 Å². The highest BCUT2D eigenvalue weighted by Crippen LogP contribution is 2.22. The second-order valence-corrected chi connectivity index (χ2v) is 4.45. The molecular formula is C12H14FN3O3. The lowest BCUT2D eigenvalue weighted by Gasteiger charge is -2.21. The number of benzene rings is 1. The fraction of sp³-hybridized carbons (Fsp3) is 0.417. The second kappa shape index (κ2) is 5.75. The molecule has 1 atom stereocenters. The molecule has 1 fully saturated rings. The zero-order valence-corrected chi connectivity index (χ0v) is 10.2. The number of hydrogen-bond acceptors (Lipinski definition) is 4. The molecule has 0 spiro atoms. The van der Waals surface area contributed by atoms with Gasteiger partial charge in [0.2, 0.25) is 5.91 Å². The third-order valence-electron chi connectivity index (χ3n) is 3.09. The predicted molar refractivity (Wildman–Crippen MR) is 67.3 cm³/mol. The number of rotatable bonds is 3. The highest BCUT2D eigenvalue weighted by atomic mass is 19.1. The summed E-state index contributed by atoms with van der Waals surface area (Å²) in [7, 11) is 0. The summed E-state index contributed by atoms with van der Waals surface area (Å²) >= 11 is 0. The molecule has 1 heterocycles. The Balaban J connectivity index is 2.11. The van der Waals surface area contributed by atoms with Gasteiger partial charge in [-0.25, -0.2) is 4.39 Å². The summed E-state index contributed by atoms with van der Waals surface area (Å²) in [5.41, 5.74) is -0.400. The second-order valence-electron chi connectivity index (χ2n) is 4.45. The molecule has 1 aromatic carbocycles. The lowest BCUT2D eigenvalue weighted by molar-refractivity contribution is -0.384. The van der Waals surface area contributed by atoms with Gasteiger partial charge < -0.3 is 10.6 Å². The number of nitro groups is 1. The number of piperidine rings is 1. The van der Waals surface area contributed by atoms with Gasteiger partial charge in [0.25, 0.3) is 5.69 Å². The molecule has 0 saturated carbocycles. The van der Waals surface area contributed by atoms with Crippen molar-refractivity contribution >= 4 is 17.3 Å². The van der Waals surface area contributed by atoms with Crippen LogP contribution in [-0.2, 0) is 4.79 Å². The summed E-state index contributed by atoms with van der Waals surface area (Å²) in [6.07, 6.45) is 1.62. The molecule has 0 aliphatic carbocycles. The van der Waals surface area contributed by atoms with Crippen LogP contribution in [-0.4, -0.2) is 23.9 Å². The summed E-state index contributed by atoms with van der Waals surface area (Å²) < 4.78 is 13.5. The molecule has 1 aliphatic rings. The van der Waals surface area contributed by atoms with Crippen molar-refractivity contribution in [3.63, 3.8) is 0 Å². The molecule has 1 aromatic rings. The fourth-order valence-corrected chi connectivity index (χ4v) is 2.03. The molecule has 2 N–H and O–H groups in total. The van der Waals surface area contributed by atoms with Crippen molar-refractivity contribution in [2.75, 3.05) is 18.4 Å². The van der Waals surface area contributed by atoms with Crippen molar-refractivity contribution in [3.8, 4) is 0 Å². The normalized spacial score (nSPS) is 18.9. The average molecular weight is 267 g/mol. The molecule has 102 valence electrons. The summed E-state index contributed by atoms with van der Waals surface area (Å²) in [6.45, 7) is 1.41. The van der Waals surface area contributed by atoms with Crippen LogP contribution in [0.1, 0.15) is 12.8 Å². The molecule has 0 radical (unpaired) electrons. The zero-order valence-electron chi connectivity index (χ0n) is 10.2. The number of hydrogen-bond donors (Lipinski definition) is 2. The van der Waals surface area contributed by atoms with Crippen LogP contribution in [0.3, 0.4) is 0 Å². The first-order valence-electron chi connectivity index (χ1n) is 6.03. The topological polar surface area (TPSA) is 84.3 Å². The number of carbonyl (C=O) groups is 1. The standard InChI is InChI=1S/C12H14FN3O3/c13-10-4-3-9(16(18)19)6-11(10)15-12(17)8-2-1-5-14-7-8/h3-4,6,8,14H,1-2,5,7H2,(H,15,17). The Morgan fingerprint density at radius 1 is 1.53 bits per heavy atom. The highest BCUT2D eigenvalue weighted by Gasteiger charge is 2.22. The number of nitrogens with one attached hydrogen (secondary N) is 2. The number of amides is 1. The molecule has 19 heavy (non-hydrogen) atoms. The maximum absolute atomic E-state index is 13.5. The Hall–Kier alpha value is -2.02. The first kappa shape index (κ1) is 13.4. The molecule has 0 bridgehead atoms. The van der Waals surface area contributed by atoms with E-state index in [2.05, 4.69) is 10.6 Å². The van der Waals surface area contributed by atoms with E-state index in [0.717, 1.165) is 37.6 Å². The number of nitro benzene ring substituents is 1. The number of carbonyl (C=O) groups excluding carboxylic acids is 1. The molecule has 2 rings (SSSR count). The Kier molecular flexibility index (Phi) is 4.06. The predicted octanol–water partition coefficient (Wildman–Crippen LogP) is 1.67. The third-order valence-corrected chi connectivity index (χ3v) is 3.09. The minimum Gasteiger partial charge on any atom is -0.323 e. The molecule has 1 aliphatic heterocycles. The van der Waals surface area contributed by atoms with Gasteiger partial charge >= 0.3 is 0 Å². The number of nitrogens with zero attached hydrogens (tertiary/aromatic N) is 1. The van der Waals surface area contributed by atoms with Gasteiger partial charge in [0.15, 0.2) is 0 Å². The van der Waals surface area contributed by atoms with Crippen molar-refractivity contribution in [1.82, 2.24) is 5.32 Å². The van der Waals surface area contributed by atoms with Crippen molar-refractivity contribution < 1.29 is 14.1 Å². The summed E-state index contributed by atoms with van der Waals surface area (Å²) in [5, 5.41) is 16.1. The monoisotopic (exact) mass is 267 g/mol. The van der Waals surface area contributed by atoms with Gasteiger partial charge in [-0.1, -0.05) is 0 Å². The minimum atomic E-state index is -0.678. The fourth-order valence-electron chi connectivity index (χ4n) is 2.03. The zero-order chi connectivity index (χ0) is 13.8. The summed E-state index contributed by atoms with van der Waals surface area (Å²) in [5.74, 6) is -1.22. The van der Waals surface area contributed by atoms with Gasteiger partial charge in [0, 0.05) is 18.7 Å². The van der Waals surface area contributed by atoms with Crippen LogP contribution < -0.4 is 10.6 Å². The van der Waals surface area contributed by atoms with Crippen molar-refractivity contribution in [2.45, 2.75) is 12.8 Å². The van der Waals surface area contributed by atoms with E-state index in [1.54, 1.807) is 0 Å². The third kappa shape index (κ3) is 3.25. The lowest BCUT2D eigenvalue weighted by Crippen LogP contribution is -2.37. The first-order chi connectivity index (χ1) is 9.08. The lowest BCUT2D eigenvalue weighted by atomic mass is 9.99. The quantitative estimate of drug-likeness (QED) is 0.644. The van der Waals surface area contributed by atoms with Crippen LogP contribution in [0, 0.1) is 21.8 Å². The maximum Gasteiger partial charge on any atom is 0.271 e. The SMILES string of the molecule is O=C(Nc1cc([N+](=O)[O-])ccc1F)C1CCCNC1. The van der Waals surface area contributed by atoms with E-state index >= 15 is 0 Å². The van der Waals surface area contributed by atoms with E-state index in [1.807, 2.05) is 0 Å². The molecule has 0 aromatic heterocycles. The maximum atomic E-state index is 13.5. The molecule has 1 unspecified atom stereocenters. The van der Waals surface area contributed by atoms with E-state index in [-0.39, 0.29) is 23.2 Å². The van der Waals surface area contributed by atoms with Gasteiger partial charge in [-0.05, 0) is 25.5 Å². The van der Waals surface area contributed by atoms with Crippen LogP contribution in [0.2, 0.25) is 0 Å². The number of anilines is 1. The van der Waals surface area contributed by atoms with Crippen LogP contribution in [0.4, 0.5) is 15.8 Å². The Bertz CT molecular complexity index is 501. The van der Waals surface area contributed by atoms with Crippen molar-refractivity contribution in [1.29, 1.82) is 0 Å². The van der Waals surface area contributed by atoms with Gasteiger partial charge in [-0.15, -0.1) is 0 Å². The van der Waals surface area contributed by atoms with Gasteiger partial charge in [-0.2, -0.15) is 0 Å². The highest BCUT2D eigenvalue weighted by molar-refractivity contribution is 5.93. The molecule has 1 amide bonds. The van der Waals surface area contributed by atoms with Crippen LogP contribution in [0.5, 0.6) is 0 Å². The first-order valence-corrected chi connectivity index (χ1v) is 6.03.